The van der Waals surface area contributed by atoms with Gasteiger partial charge in [0.15, 0.2) is 11.0 Å². The van der Waals surface area contributed by atoms with E-state index in [-0.39, 0.29) is 16.9 Å². The van der Waals surface area contributed by atoms with E-state index in [0.717, 1.165) is 2.88 Å². The Morgan fingerprint density at radius 2 is 2.19 bits per heavy atom. The average Bonchev–Trinajstić information content (AvgIpc) is 2.68. The quantitative estimate of drug-likeness (QED) is 0.832. The highest BCUT2D eigenvalue weighted by molar-refractivity contribution is 14.1. The maximum Gasteiger partial charge on any atom is 0.257 e. The van der Waals surface area contributed by atoms with Crippen molar-refractivity contribution in [2.24, 2.45) is 0 Å². The van der Waals surface area contributed by atoms with Gasteiger partial charge < -0.3 is 5.32 Å². The third kappa shape index (κ3) is 2.69. The normalized spacial score (nSPS) is 10.1. The van der Waals surface area contributed by atoms with Crippen molar-refractivity contribution in [2.75, 3.05) is 5.32 Å². The zero-order valence-electron chi connectivity index (χ0n) is 7.78. The molecule has 16 heavy (non-hydrogen) atoms. The summed E-state index contributed by atoms with van der Waals surface area (Å²) in [5.74, 6) is 0.0388. The summed E-state index contributed by atoms with van der Waals surface area (Å²) in [6.07, 6.45) is 2.93. The molecule has 82 valence electrons. The number of aromatic nitrogens is 2. The summed E-state index contributed by atoms with van der Waals surface area (Å²) in [5.41, 5.74) is 0.594. The van der Waals surface area contributed by atoms with Crippen LogP contribution in [0.15, 0.2) is 23.8 Å². The molecule has 0 fully saturated rings. The van der Waals surface area contributed by atoms with Gasteiger partial charge in [0.1, 0.15) is 0 Å². The lowest BCUT2D eigenvalue weighted by atomic mass is 10.3. The Bertz CT molecular complexity index is 531. The largest absolute Gasteiger partial charge is 0.304 e. The predicted octanol–water partition coefficient (Wildman–Crippen LogP) is 3.05. The zero-order valence-corrected chi connectivity index (χ0v) is 11.5. The molecule has 2 rings (SSSR count). The van der Waals surface area contributed by atoms with E-state index in [0.29, 0.717) is 5.56 Å². The fraction of sp³-hybridized carbons (Fsp3) is 0. The van der Waals surface area contributed by atoms with Crippen molar-refractivity contribution in [3.05, 3.63) is 37.4 Å². The molecule has 0 atom stereocenters. The highest BCUT2D eigenvalue weighted by Crippen LogP contribution is 2.19. The first-order valence-electron chi connectivity index (χ1n) is 4.18. The molecular weight excluding hydrogens is 361 g/mol. The summed E-state index contributed by atoms with van der Waals surface area (Å²) in [6.45, 7) is 0. The van der Waals surface area contributed by atoms with Gasteiger partial charge in [-0.3, -0.25) is 4.79 Å². The van der Waals surface area contributed by atoms with E-state index in [1.807, 2.05) is 0 Å². The summed E-state index contributed by atoms with van der Waals surface area (Å²) in [6, 6.07) is 1.80. The fourth-order valence-corrected chi connectivity index (χ4v) is 2.49. The zero-order chi connectivity index (χ0) is 11.5. The molecule has 2 heterocycles. The van der Waals surface area contributed by atoms with Crippen LogP contribution in [-0.4, -0.2) is 15.9 Å². The molecule has 0 bridgehead atoms. The first-order chi connectivity index (χ1) is 7.66. The van der Waals surface area contributed by atoms with Gasteiger partial charge in [-0.15, -0.1) is 11.3 Å². The van der Waals surface area contributed by atoms with Crippen LogP contribution in [0.2, 0.25) is 5.15 Å². The number of nitrogens with zero attached hydrogens (tertiary/aromatic N) is 2. The van der Waals surface area contributed by atoms with Gasteiger partial charge in [0, 0.05) is 17.8 Å². The number of halogens is 2. The summed E-state index contributed by atoms with van der Waals surface area (Å²) in [4.78, 5) is 19.5. The summed E-state index contributed by atoms with van der Waals surface area (Å²) >= 11 is 9.43. The van der Waals surface area contributed by atoms with Crippen LogP contribution in [0, 0.1) is 2.88 Å². The van der Waals surface area contributed by atoms with Gasteiger partial charge in [-0.25, -0.2) is 9.97 Å². The number of carbonyl (C=O) groups is 1. The topological polar surface area (TPSA) is 54.9 Å². The molecule has 2 aromatic rings. The molecule has 0 saturated carbocycles. The highest BCUT2D eigenvalue weighted by Gasteiger charge is 2.11. The number of hydrogen-bond acceptors (Lipinski definition) is 4. The Hall–Kier alpha value is -0.730. The molecule has 7 heteroatoms. The summed E-state index contributed by atoms with van der Waals surface area (Å²) in [7, 11) is 0. The average molecular weight is 366 g/mol. The molecular formula is C9H5ClIN3OS. The maximum atomic E-state index is 11.7. The lowest BCUT2D eigenvalue weighted by Gasteiger charge is -2.02. The Morgan fingerprint density at radius 1 is 1.44 bits per heavy atom. The van der Waals surface area contributed by atoms with Crippen molar-refractivity contribution in [1.82, 2.24) is 9.97 Å². The molecule has 0 unspecified atom stereocenters. The summed E-state index contributed by atoms with van der Waals surface area (Å²) in [5, 5.41) is 4.56. The minimum Gasteiger partial charge on any atom is -0.304 e. The van der Waals surface area contributed by atoms with Crippen molar-refractivity contribution in [3.63, 3.8) is 0 Å². The first-order valence-corrected chi connectivity index (χ1v) is 6.52. The van der Waals surface area contributed by atoms with Gasteiger partial charge in [-0.05, 0) is 28.7 Å². The van der Waals surface area contributed by atoms with E-state index < -0.39 is 0 Å². The Labute approximate surface area is 114 Å². The van der Waals surface area contributed by atoms with Crippen molar-refractivity contribution >= 4 is 57.3 Å². The van der Waals surface area contributed by atoms with Crippen molar-refractivity contribution < 1.29 is 4.79 Å². The molecule has 1 N–H and O–H groups in total. The minimum atomic E-state index is -0.235. The minimum absolute atomic E-state index is 0.181. The number of thiophene rings is 1. The lowest BCUT2D eigenvalue weighted by molar-refractivity contribution is 0.102. The van der Waals surface area contributed by atoms with E-state index in [4.69, 9.17) is 11.6 Å². The maximum absolute atomic E-state index is 11.7. The smallest absolute Gasteiger partial charge is 0.257 e. The lowest BCUT2D eigenvalue weighted by Crippen LogP contribution is -2.12. The van der Waals surface area contributed by atoms with Gasteiger partial charge in [-0.1, -0.05) is 11.6 Å². The molecule has 0 aliphatic heterocycles. The number of hydrogen-bond donors (Lipinski definition) is 1. The first kappa shape index (κ1) is 11.7. The highest BCUT2D eigenvalue weighted by atomic mass is 127. The number of nitrogens with one attached hydrogen (secondary N) is 1. The molecule has 0 aliphatic carbocycles. The van der Waals surface area contributed by atoms with Crippen molar-refractivity contribution in [1.29, 1.82) is 0 Å². The third-order valence-corrected chi connectivity index (χ3v) is 3.78. The molecule has 0 saturated heterocycles. The van der Waals surface area contributed by atoms with E-state index in [9.17, 15) is 4.79 Å². The number of rotatable bonds is 2. The Balaban J connectivity index is 2.17. The van der Waals surface area contributed by atoms with Crippen LogP contribution in [0.4, 0.5) is 5.82 Å². The van der Waals surface area contributed by atoms with Gasteiger partial charge in [0.25, 0.3) is 5.91 Å². The Morgan fingerprint density at radius 3 is 2.81 bits per heavy atom. The second-order valence-electron chi connectivity index (χ2n) is 2.79. The van der Waals surface area contributed by atoms with Crippen LogP contribution >= 0.6 is 45.5 Å². The molecule has 1 amide bonds. The van der Waals surface area contributed by atoms with Crippen LogP contribution in [-0.2, 0) is 0 Å². The van der Waals surface area contributed by atoms with Crippen LogP contribution in [0.3, 0.4) is 0 Å². The molecule has 0 aromatic carbocycles. The van der Waals surface area contributed by atoms with Crippen molar-refractivity contribution in [2.45, 2.75) is 0 Å². The van der Waals surface area contributed by atoms with Crippen LogP contribution in [0.25, 0.3) is 0 Å². The van der Waals surface area contributed by atoms with E-state index in [2.05, 4.69) is 37.9 Å². The summed E-state index contributed by atoms with van der Waals surface area (Å²) < 4.78 is 1.05. The number of amides is 1. The monoisotopic (exact) mass is 365 g/mol. The Kier molecular flexibility index (Phi) is 3.72. The number of anilines is 1. The fourth-order valence-electron chi connectivity index (χ4n) is 1.01. The molecule has 0 radical (unpaired) electrons. The van der Waals surface area contributed by atoms with Crippen LogP contribution in [0.1, 0.15) is 10.4 Å². The van der Waals surface area contributed by atoms with Gasteiger partial charge in [0.2, 0.25) is 0 Å². The van der Waals surface area contributed by atoms with Crippen molar-refractivity contribution in [3.8, 4) is 0 Å². The molecule has 4 nitrogen and oxygen atoms in total. The molecule has 0 spiro atoms. The molecule has 2 aromatic heterocycles. The second kappa shape index (κ2) is 5.07. The van der Waals surface area contributed by atoms with Gasteiger partial charge >= 0.3 is 0 Å². The van der Waals surface area contributed by atoms with Crippen LogP contribution < -0.4 is 5.32 Å². The van der Waals surface area contributed by atoms with Gasteiger partial charge in [0.05, 0.1) is 8.45 Å². The standard InChI is InChI=1S/C9H5ClIN3OS/c10-7-8(13-2-1-12-7)14-9(15)5-3-6(11)16-4-5/h1-4H,(H,13,14,15). The van der Waals surface area contributed by atoms with E-state index >= 15 is 0 Å². The van der Waals surface area contributed by atoms with E-state index in [1.165, 1.54) is 23.7 Å². The SMILES string of the molecule is O=C(Nc1nccnc1Cl)c1csc(I)c1. The molecule has 0 aliphatic rings. The predicted molar refractivity (Wildman–Crippen MR) is 72.0 cm³/mol. The van der Waals surface area contributed by atoms with E-state index in [1.54, 1.807) is 11.4 Å². The van der Waals surface area contributed by atoms with Gasteiger partial charge in [-0.2, -0.15) is 0 Å². The third-order valence-electron chi connectivity index (χ3n) is 1.72. The van der Waals surface area contributed by atoms with Crippen LogP contribution in [0.5, 0.6) is 0 Å². The second-order valence-corrected chi connectivity index (χ2v) is 5.95. The number of carbonyl (C=O) groups excluding carboxylic acids is 1.